The molecule has 0 atom stereocenters. The van der Waals surface area contributed by atoms with Crippen molar-refractivity contribution in [1.82, 2.24) is 0 Å². The van der Waals surface area contributed by atoms with Crippen molar-refractivity contribution < 1.29 is 14.5 Å². The van der Waals surface area contributed by atoms with Crippen LogP contribution in [0, 0.1) is 10.1 Å². The number of nitro groups is 1. The lowest BCUT2D eigenvalue weighted by Gasteiger charge is -1.93. The van der Waals surface area contributed by atoms with Gasteiger partial charge in [-0.15, -0.1) is 0 Å². The van der Waals surface area contributed by atoms with Crippen molar-refractivity contribution in [2.75, 3.05) is 5.32 Å². The topological polar surface area (TPSA) is 115 Å². The first kappa shape index (κ1) is 10.1. The molecule has 8 heteroatoms. The van der Waals surface area contributed by atoms with Gasteiger partial charge in [-0.05, 0) is 11.3 Å². The zero-order valence-electron chi connectivity index (χ0n) is 6.72. The highest BCUT2D eigenvalue weighted by atomic mass is 32.1. The maximum atomic E-state index is 10.8. The third-order valence-electron chi connectivity index (χ3n) is 1.35. The smallest absolute Gasteiger partial charge is 0.326 e. The van der Waals surface area contributed by atoms with Gasteiger partial charge >= 0.3 is 5.00 Å². The van der Waals surface area contributed by atoms with Crippen molar-refractivity contribution >= 4 is 33.7 Å². The number of carbonyl (C=O) groups is 2. The highest BCUT2D eigenvalue weighted by molar-refractivity contribution is 7.19. The molecule has 1 rings (SSSR count). The van der Waals surface area contributed by atoms with Gasteiger partial charge in [0.15, 0.2) is 0 Å². The van der Waals surface area contributed by atoms with E-state index >= 15 is 0 Å². The van der Waals surface area contributed by atoms with Gasteiger partial charge < -0.3 is 11.1 Å². The maximum Gasteiger partial charge on any atom is 0.326 e. The molecule has 14 heavy (non-hydrogen) atoms. The Morgan fingerprint density at radius 2 is 2.36 bits per heavy atom. The van der Waals surface area contributed by atoms with E-state index in [1.807, 2.05) is 0 Å². The molecule has 0 aliphatic carbocycles. The summed E-state index contributed by atoms with van der Waals surface area (Å²) in [6.45, 7) is 0. The average Bonchev–Trinajstić information content (AvgIpc) is 2.49. The van der Waals surface area contributed by atoms with Gasteiger partial charge in [-0.2, -0.15) is 0 Å². The molecule has 3 N–H and O–H groups in total. The van der Waals surface area contributed by atoms with E-state index in [2.05, 4.69) is 5.32 Å². The number of hydrogen-bond donors (Lipinski definition) is 2. The van der Waals surface area contributed by atoms with Crippen LogP contribution in [0.4, 0.5) is 10.0 Å². The summed E-state index contributed by atoms with van der Waals surface area (Å²) < 4.78 is 0. The number of primary amides is 1. The van der Waals surface area contributed by atoms with Crippen LogP contribution in [0.1, 0.15) is 10.4 Å². The van der Waals surface area contributed by atoms with Crippen LogP contribution in [-0.2, 0) is 4.79 Å². The van der Waals surface area contributed by atoms with Crippen LogP contribution in [0.3, 0.4) is 0 Å². The monoisotopic (exact) mass is 215 g/mol. The molecule has 1 aromatic heterocycles. The molecule has 74 valence electrons. The summed E-state index contributed by atoms with van der Waals surface area (Å²) in [4.78, 5) is 30.6. The van der Waals surface area contributed by atoms with Crippen LogP contribution >= 0.6 is 11.3 Å². The van der Waals surface area contributed by atoms with E-state index in [1.54, 1.807) is 0 Å². The fourth-order valence-corrected chi connectivity index (χ4v) is 1.65. The van der Waals surface area contributed by atoms with E-state index in [-0.39, 0.29) is 15.6 Å². The summed E-state index contributed by atoms with van der Waals surface area (Å²) in [5, 5.41) is 12.3. The van der Waals surface area contributed by atoms with Crippen LogP contribution in [-0.4, -0.2) is 17.2 Å². The predicted molar refractivity (Wildman–Crippen MR) is 49.2 cm³/mol. The van der Waals surface area contributed by atoms with Crippen molar-refractivity contribution in [3.63, 3.8) is 0 Å². The number of hydrogen-bond acceptors (Lipinski definition) is 5. The lowest BCUT2D eigenvalue weighted by molar-refractivity contribution is -0.380. The molecule has 0 aromatic carbocycles. The zero-order valence-corrected chi connectivity index (χ0v) is 7.54. The number of nitrogens with zero attached hydrogens (tertiary/aromatic N) is 1. The quantitative estimate of drug-likeness (QED) is 0.427. The van der Waals surface area contributed by atoms with Gasteiger partial charge in [-0.1, -0.05) is 0 Å². The zero-order chi connectivity index (χ0) is 10.7. The molecule has 1 aromatic rings. The minimum Gasteiger partial charge on any atom is -0.366 e. The Bertz CT molecular complexity index is 400. The second kappa shape index (κ2) is 3.83. The van der Waals surface area contributed by atoms with E-state index < -0.39 is 10.8 Å². The molecule has 0 fully saturated rings. The lowest BCUT2D eigenvalue weighted by atomic mass is 10.3. The van der Waals surface area contributed by atoms with Crippen LogP contribution in [0.2, 0.25) is 0 Å². The molecule has 0 radical (unpaired) electrons. The summed E-state index contributed by atoms with van der Waals surface area (Å²) in [5.74, 6) is -0.821. The summed E-state index contributed by atoms with van der Waals surface area (Å²) in [5.41, 5.74) is 4.89. The lowest BCUT2D eigenvalue weighted by Crippen LogP contribution is -2.11. The molecular weight excluding hydrogens is 210 g/mol. The molecule has 1 heterocycles. The molecule has 0 unspecified atom stereocenters. The molecule has 0 saturated heterocycles. The third-order valence-corrected chi connectivity index (χ3v) is 2.37. The number of nitrogens with two attached hydrogens (primary N) is 1. The molecular formula is C6H5N3O4S. The van der Waals surface area contributed by atoms with Crippen molar-refractivity contribution in [3.8, 4) is 0 Å². The average molecular weight is 215 g/mol. The number of rotatable bonds is 4. The Labute approximate surface area is 81.7 Å². The largest absolute Gasteiger partial charge is 0.366 e. The first-order chi connectivity index (χ1) is 6.56. The first-order valence-corrected chi connectivity index (χ1v) is 4.16. The molecule has 0 aliphatic heterocycles. The van der Waals surface area contributed by atoms with E-state index in [9.17, 15) is 19.7 Å². The predicted octanol–water partition coefficient (Wildman–Crippen LogP) is 0.323. The summed E-state index contributed by atoms with van der Waals surface area (Å²) in [7, 11) is 0. The Hall–Kier alpha value is -1.96. The van der Waals surface area contributed by atoms with E-state index in [0.29, 0.717) is 17.7 Å². The van der Waals surface area contributed by atoms with Crippen molar-refractivity contribution in [1.29, 1.82) is 0 Å². The van der Waals surface area contributed by atoms with E-state index in [1.165, 1.54) is 0 Å². The van der Waals surface area contributed by atoms with Gasteiger partial charge in [0.25, 0.3) is 5.91 Å². The second-order valence-corrected chi connectivity index (χ2v) is 3.24. The van der Waals surface area contributed by atoms with Gasteiger partial charge in [0, 0.05) is 6.07 Å². The third kappa shape index (κ3) is 1.85. The summed E-state index contributed by atoms with van der Waals surface area (Å²) in [6, 6.07) is 1.03. The van der Waals surface area contributed by atoms with Crippen molar-refractivity contribution in [3.05, 3.63) is 21.7 Å². The maximum absolute atomic E-state index is 10.8. The van der Waals surface area contributed by atoms with Crippen LogP contribution in [0.25, 0.3) is 0 Å². The number of nitrogens with one attached hydrogen (secondary N) is 1. The minimum atomic E-state index is -0.821. The highest BCUT2D eigenvalue weighted by Gasteiger charge is 2.19. The van der Waals surface area contributed by atoms with Gasteiger partial charge in [-0.25, -0.2) is 0 Å². The number of amides is 2. The highest BCUT2D eigenvalue weighted by Crippen LogP contribution is 2.32. The number of thiophene rings is 1. The normalized spacial score (nSPS) is 9.43. The Balaban J connectivity index is 3.18. The Morgan fingerprint density at radius 1 is 1.71 bits per heavy atom. The SMILES string of the molecule is NC(=O)c1cc([N+](=O)[O-])sc1NC=O. The molecule has 0 bridgehead atoms. The van der Waals surface area contributed by atoms with Gasteiger partial charge in [-0.3, -0.25) is 19.7 Å². The molecule has 0 spiro atoms. The fourth-order valence-electron chi connectivity index (χ4n) is 0.812. The first-order valence-electron chi connectivity index (χ1n) is 3.34. The molecule has 7 nitrogen and oxygen atoms in total. The van der Waals surface area contributed by atoms with Crippen LogP contribution in [0.5, 0.6) is 0 Å². The second-order valence-electron chi connectivity index (χ2n) is 2.21. The summed E-state index contributed by atoms with van der Waals surface area (Å²) in [6.07, 6.45) is 0.321. The number of anilines is 1. The van der Waals surface area contributed by atoms with Crippen LogP contribution in [0.15, 0.2) is 6.07 Å². The number of carbonyl (C=O) groups excluding carboxylic acids is 2. The Kier molecular flexibility index (Phi) is 2.77. The standard InChI is InChI=1S/C6H5N3O4S/c7-5(11)3-1-4(9(12)13)14-6(3)8-2-10/h1-2H,(H2,7,11)(H,8,10). The van der Waals surface area contributed by atoms with Gasteiger partial charge in [0.05, 0.1) is 10.5 Å². The van der Waals surface area contributed by atoms with Gasteiger partial charge in [0.1, 0.15) is 5.00 Å². The van der Waals surface area contributed by atoms with Crippen LogP contribution < -0.4 is 11.1 Å². The van der Waals surface area contributed by atoms with Crippen molar-refractivity contribution in [2.45, 2.75) is 0 Å². The summed E-state index contributed by atoms with van der Waals surface area (Å²) >= 11 is 0.678. The van der Waals surface area contributed by atoms with Crippen molar-refractivity contribution in [2.24, 2.45) is 5.73 Å². The van der Waals surface area contributed by atoms with E-state index in [4.69, 9.17) is 5.73 Å². The molecule has 0 saturated carbocycles. The molecule has 2 amide bonds. The fraction of sp³-hybridized carbons (Fsp3) is 0. The minimum absolute atomic E-state index is 0.0613. The van der Waals surface area contributed by atoms with Gasteiger partial charge in [0.2, 0.25) is 6.41 Å². The molecule has 0 aliphatic rings. The van der Waals surface area contributed by atoms with E-state index in [0.717, 1.165) is 6.07 Å². The Morgan fingerprint density at radius 3 is 2.79 bits per heavy atom.